The summed E-state index contributed by atoms with van der Waals surface area (Å²) >= 11 is 0. The number of aliphatic hydroxyl groups excluding tert-OH is 1. The number of allylic oxidation sites excluding steroid dienone is 2. The van der Waals surface area contributed by atoms with Crippen LogP contribution in [0.15, 0.2) is 65.0 Å². The molecule has 2 aromatic heterocycles. The Morgan fingerprint density at radius 2 is 1.95 bits per heavy atom. The lowest BCUT2D eigenvalue weighted by molar-refractivity contribution is -0.120. The molecule has 10 heteroatoms. The summed E-state index contributed by atoms with van der Waals surface area (Å²) in [6.45, 7) is 7.66. The zero-order valence-corrected chi connectivity index (χ0v) is 21.9. The third-order valence-electron chi connectivity index (χ3n) is 5.93. The first-order chi connectivity index (χ1) is 18.0. The molecule has 0 saturated heterocycles. The highest BCUT2D eigenvalue weighted by molar-refractivity contribution is 6.00. The lowest BCUT2D eigenvalue weighted by Crippen LogP contribution is -2.31. The van der Waals surface area contributed by atoms with Crippen LogP contribution in [0, 0.1) is 11.8 Å². The van der Waals surface area contributed by atoms with Crippen molar-refractivity contribution in [3.05, 3.63) is 77.8 Å². The molecule has 2 aromatic rings. The van der Waals surface area contributed by atoms with E-state index in [1.165, 1.54) is 30.5 Å². The number of ketones is 1. The minimum Gasteiger partial charge on any atom is -0.457 e. The van der Waals surface area contributed by atoms with Gasteiger partial charge >= 0.3 is 5.97 Å². The van der Waals surface area contributed by atoms with Crippen molar-refractivity contribution < 1.29 is 33.4 Å². The molecule has 1 amide bonds. The highest BCUT2D eigenvalue weighted by atomic mass is 16.5. The van der Waals surface area contributed by atoms with Gasteiger partial charge in [-0.15, -0.1) is 0 Å². The van der Waals surface area contributed by atoms with Crippen molar-refractivity contribution >= 4 is 23.6 Å². The molecule has 0 aliphatic carbocycles. The average Bonchev–Trinajstić information content (AvgIpc) is 3.52. The van der Waals surface area contributed by atoms with Gasteiger partial charge in [-0.2, -0.15) is 0 Å². The molecule has 0 spiro atoms. The lowest BCUT2D eigenvalue weighted by atomic mass is 9.94. The molecule has 10 nitrogen and oxygen atoms in total. The number of oxazole rings is 1. The van der Waals surface area contributed by atoms with Gasteiger partial charge in [-0.05, 0) is 31.1 Å². The van der Waals surface area contributed by atoms with Gasteiger partial charge in [0.2, 0.25) is 11.8 Å². The summed E-state index contributed by atoms with van der Waals surface area (Å²) in [5.41, 5.74) is 0.640. The normalized spacial score (nSPS) is 25.6. The third kappa shape index (κ3) is 7.72. The van der Waals surface area contributed by atoms with Crippen molar-refractivity contribution in [1.29, 1.82) is 0 Å². The van der Waals surface area contributed by atoms with Crippen molar-refractivity contribution in [3.8, 4) is 0 Å². The van der Waals surface area contributed by atoms with Crippen LogP contribution in [0.5, 0.6) is 0 Å². The Morgan fingerprint density at radius 3 is 2.68 bits per heavy atom. The van der Waals surface area contributed by atoms with Gasteiger partial charge in [-0.3, -0.25) is 19.0 Å². The molecule has 202 valence electrons. The molecule has 2 bridgehead atoms. The van der Waals surface area contributed by atoms with E-state index in [1.54, 1.807) is 25.2 Å². The minimum absolute atomic E-state index is 0.00524. The largest absolute Gasteiger partial charge is 0.457 e. The quantitative estimate of drug-likeness (QED) is 0.544. The molecule has 3 heterocycles. The lowest BCUT2D eigenvalue weighted by Gasteiger charge is -2.25. The number of amides is 1. The van der Waals surface area contributed by atoms with Crippen LogP contribution in [-0.4, -0.2) is 57.0 Å². The van der Waals surface area contributed by atoms with E-state index in [9.17, 15) is 24.3 Å². The Morgan fingerprint density at radius 1 is 1.18 bits per heavy atom. The summed E-state index contributed by atoms with van der Waals surface area (Å²) in [7, 11) is 0. The van der Waals surface area contributed by atoms with Gasteiger partial charge in [0, 0.05) is 25.1 Å². The molecular weight excluding hydrogens is 490 g/mol. The zero-order valence-electron chi connectivity index (χ0n) is 21.9. The predicted molar refractivity (Wildman–Crippen MR) is 138 cm³/mol. The Hall–Kier alpha value is -4.05. The maximum atomic E-state index is 13.1. The van der Waals surface area contributed by atoms with Gasteiger partial charge in [0.15, 0.2) is 5.69 Å². The fourth-order valence-electron chi connectivity index (χ4n) is 4.08. The number of Topliss-reactive ketones (excluding diaryl/α,β-unsaturated/α-hetero) is 1. The number of rotatable bonds is 1. The van der Waals surface area contributed by atoms with Crippen molar-refractivity contribution in [2.75, 3.05) is 6.54 Å². The fourth-order valence-corrected chi connectivity index (χ4v) is 4.08. The first-order valence-corrected chi connectivity index (χ1v) is 12.4. The van der Waals surface area contributed by atoms with E-state index in [4.69, 9.17) is 9.15 Å². The zero-order chi connectivity index (χ0) is 27.8. The van der Waals surface area contributed by atoms with Gasteiger partial charge in [0.1, 0.15) is 23.8 Å². The number of carbonyl (C=O) groups excluding carboxylic acids is 4. The fraction of sp³-hybridized carbons (Fsp3) is 0.393. The monoisotopic (exact) mass is 523 g/mol. The molecule has 38 heavy (non-hydrogen) atoms. The number of carbonyl (C=O) groups is 4. The minimum atomic E-state index is -1.02. The number of hydrogen-bond donors (Lipinski definition) is 2. The maximum Gasteiger partial charge on any atom is 0.355 e. The summed E-state index contributed by atoms with van der Waals surface area (Å²) in [6, 6.07) is 2.99. The smallest absolute Gasteiger partial charge is 0.355 e. The summed E-state index contributed by atoms with van der Waals surface area (Å²) in [4.78, 5) is 54.9. The van der Waals surface area contributed by atoms with E-state index >= 15 is 0 Å². The number of aromatic nitrogens is 2. The van der Waals surface area contributed by atoms with Crippen molar-refractivity contribution in [2.45, 2.75) is 52.7 Å². The number of hydrogen-bond acceptors (Lipinski definition) is 8. The van der Waals surface area contributed by atoms with Crippen LogP contribution in [0.3, 0.4) is 0 Å². The molecule has 3 atom stereocenters. The summed E-state index contributed by atoms with van der Waals surface area (Å²) in [5, 5.41) is 13.0. The molecule has 2 N–H and O–H groups in total. The van der Waals surface area contributed by atoms with Crippen molar-refractivity contribution in [1.82, 2.24) is 14.9 Å². The SMILES string of the molecule is CC1=C/[C@@H](O)CC(=O)Cc2nc(co2)C(=O)n2cccc2C(=O)O[C@H](C(C)C)[C@H](C)/C=C\C(=O)NC/C=C\1. The van der Waals surface area contributed by atoms with E-state index < -0.39 is 24.1 Å². The number of ether oxygens (including phenoxy) is 1. The van der Waals surface area contributed by atoms with Gasteiger partial charge in [-0.1, -0.05) is 50.6 Å². The van der Waals surface area contributed by atoms with E-state index in [1.807, 2.05) is 20.8 Å². The van der Waals surface area contributed by atoms with E-state index in [-0.39, 0.29) is 60.2 Å². The van der Waals surface area contributed by atoms with Crippen LogP contribution in [0.2, 0.25) is 0 Å². The standard InChI is InChI=1S/C28H33N3O7/c1-17(2)26-19(4)9-10-24(34)29-11-5-7-18(3)13-20(32)14-21(33)15-25-30-22(16-37-25)27(35)31-12-6-8-23(31)28(36)38-26/h5-10,12-13,16-17,19-20,26,32H,11,14-15H2,1-4H3,(H,29,34)/b7-5-,10-9-,18-13-/t19-,20-,26-/m1/s1. The Labute approximate surface area is 221 Å². The van der Waals surface area contributed by atoms with Crippen LogP contribution in [0.4, 0.5) is 0 Å². The van der Waals surface area contributed by atoms with Gasteiger partial charge in [0.05, 0.1) is 12.5 Å². The van der Waals surface area contributed by atoms with E-state index in [2.05, 4.69) is 10.3 Å². The molecular formula is C28H33N3O7. The topological polar surface area (TPSA) is 141 Å². The second-order valence-electron chi connectivity index (χ2n) is 9.57. The Bertz CT molecular complexity index is 1260. The van der Waals surface area contributed by atoms with Crippen LogP contribution in [-0.2, 0) is 20.7 Å². The van der Waals surface area contributed by atoms with Crippen molar-refractivity contribution in [3.63, 3.8) is 0 Å². The maximum absolute atomic E-state index is 13.1. The molecule has 0 radical (unpaired) electrons. The number of nitrogens with one attached hydrogen (secondary N) is 1. The van der Waals surface area contributed by atoms with Crippen molar-refractivity contribution in [2.24, 2.45) is 11.8 Å². The molecule has 3 rings (SSSR count). The number of aliphatic hydroxyl groups is 1. The third-order valence-corrected chi connectivity index (χ3v) is 5.93. The second-order valence-corrected chi connectivity index (χ2v) is 9.57. The van der Waals surface area contributed by atoms with Gasteiger partial charge in [0.25, 0.3) is 5.91 Å². The molecule has 1 aliphatic rings. The van der Waals surface area contributed by atoms with Crippen LogP contribution in [0.1, 0.15) is 61.0 Å². The molecule has 1 aliphatic heterocycles. The van der Waals surface area contributed by atoms with Crippen LogP contribution < -0.4 is 5.32 Å². The van der Waals surface area contributed by atoms with Gasteiger partial charge < -0.3 is 19.6 Å². The highest BCUT2D eigenvalue weighted by Crippen LogP contribution is 2.21. The molecule has 0 unspecified atom stereocenters. The number of fused-ring (bicyclic) bond motifs is 3. The Balaban J connectivity index is 1.91. The predicted octanol–water partition coefficient (Wildman–Crippen LogP) is 3.03. The summed E-state index contributed by atoms with van der Waals surface area (Å²) < 4.78 is 12.2. The number of esters is 1. The van der Waals surface area contributed by atoms with E-state index in [0.717, 1.165) is 16.4 Å². The first kappa shape index (κ1) is 28.5. The molecule has 0 fully saturated rings. The van der Waals surface area contributed by atoms with Gasteiger partial charge in [-0.25, -0.2) is 9.78 Å². The first-order valence-electron chi connectivity index (χ1n) is 12.4. The highest BCUT2D eigenvalue weighted by Gasteiger charge is 2.27. The van der Waals surface area contributed by atoms with E-state index in [0.29, 0.717) is 0 Å². The molecule has 0 saturated carbocycles. The van der Waals surface area contributed by atoms with Crippen LogP contribution >= 0.6 is 0 Å². The summed E-state index contributed by atoms with van der Waals surface area (Å²) in [6.07, 6.45) is 8.64. The average molecular weight is 524 g/mol. The van der Waals surface area contributed by atoms with Crippen LogP contribution in [0.25, 0.3) is 0 Å². The Kier molecular flexibility index (Phi) is 9.72. The molecule has 0 aromatic carbocycles. The number of nitrogens with zero attached hydrogens (tertiary/aromatic N) is 2. The second kappa shape index (κ2) is 13.0. The number of cyclic esters (lactones) is 1. The summed E-state index contributed by atoms with van der Waals surface area (Å²) in [5.74, 6) is -2.31.